The van der Waals surface area contributed by atoms with Crippen LogP contribution in [0.4, 0.5) is 10.1 Å². The van der Waals surface area contributed by atoms with Crippen molar-refractivity contribution >= 4 is 16.6 Å². The normalized spacial score (nSPS) is 16.2. The van der Waals surface area contributed by atoms with Crippen molar-refractivity contribution in [3.05, 3.63) is 34.6 Å². The van der Waals surface area contributed by atoms with E-state index < -0.39 is 11.6 Å². The van der Waals surface area contributed by atoms with E-state index in [1.54, 1.807) is 12.1 Å². The summed E-state index contributed by atoms with van der Waals surface area (Å²) in [6.07, 6.45) is -0.855. The van der Waals surface area contributed by atoms with E-state index in [-0.39, 0.29) is 0 Å². The van der Waals surface area contributed by atoms with E-state index in [1.807, 2.05) is 11.1 Å². The molecule has 1 aromatic carbocycles. The number of fused-ring (bicyclic) bond motifs is 1. The van der Waals surface area contributed by atoms with Crippen LogP contribution >= 0.6 is 0 Å². The lowest BCUT2D eigenvalue weighted by Crippen LogP contribution is -2.36. The third-order valence-corrected chi connectivity index (χ3v) is 3.04. The van der Waals surface area contributed by atoms with Gasteiger partial charge in [-0.3, -0.25) is 9.78 Å². The fraction of sp³-hybridized carbons (Fsp3) is 0.333. The molecule has 2 heterocycles. The molecule has 0 radical (unpaired) electrons. The number of nitrogens with zero attached hydrogens (tertiary/aromatic N) is 2. The molecule has 1 saturated heterocycles. The molecule has 1 aliphatic rings. The number of rotatable bonds is 1. The first-order chi connectivity index (χ1) is 8.74. The Labute approximate surface area is 102 Å². The lowest BCUT2D eigenvalue weighted by atomic mass is 10.2. The maximum atomic E-state index is 13.1. The minimum Gasteiger partial charge on any atom is -0.378 e. The molecular weight excluding hydrogens is 237 g/mol. The van der Waals surface area contributed by atoms with Crippen molar-refractivity contribution < 1.29 is 9.13 Å². The molecular formula is C12H12FN3O2. The van der Waals surface area contributed by atoms with Gasteiger partial charge in [-0.05, 0) is 18.2 Å². The van der Waals surface area contributed by atoms with Crippen molar-refractivity contribution in [3.8, 4) is 0 Å². The molecule has 0 aliphatic carbocycles. The van der Waals surface area contributed by atoms with Crippen molar-refractivity contribution in [2.45, 2.75) is 0 Å². The largest absolute Gasteiger partial charge is 0.378 e. The Bertz CT molecular complexity index is 635. The van der Waals surface area contributed by atoms with Crippen LogP contribution < -0.4 is 10.5 Å². The standard InChI is InChI=1S/C12H12FN3O2/c13-12-14-10-7-8(16-3-5-18-6-4-16)1-2-9(10)11(17)15-12/h1-2,7H,3-6H2,(H,14,15,17). The number of benzene rings is 1. The Hall–Kier alpha value is -1.95. The van der Waals surface area contributed by atoms with Gasteiger partial charge in [0, 0.05) is 18.8 Å². The number of morpholine rings is 1. The zero-order chi connectivity index (χ0) is 12.5. The van der Waals surface area contributed by atoms with Crippen LogP contribution in [0.1, 0.15) is 0 Å². The second kappa shape index (κ2) is 4.38. The van der Waals surface area contributed by atoms with Gasteiger partial charge in [-0.1, -0.05) is 0 Å². The summed E-state index contributed by atoms with van der Waals surface area (Å²) >= 11 is 0. The van der Waals surface area contributed by atoms with Crippen molar-refractivity contribution in [3.63, 3.8) is 0 Å². The van der Waals surface area contributed by atoms with E-state index in [2.05, 4.69) is 9.88 Å². The highest BCUT2D eigenvalue weighted by atomic mass is 19.1. The molecule has 0 bridgehead atoms. The van der Waals surface area contributed by atoms with E-state index in [9.17, 15) is 9.18 Å². The van der Waals surface area contributed by atoms with Gasteiger partial charge in [0.1, 0.15) is 0 Å². The highest BCUT2D eigenvalue weighted by Gasteiger charge is 2.12. The monoisotopic (exact) mass is 249 g/mol. The van der Waals surface area contributed by atoms with Gasteiger partial charge in [-0.25, -0.2) is 4.98 Å². The van der Waals surface area contributed by atoms with Crippen LogP contribution in [0.2, 0.25) is 0 Å². The number of aromatic amines is 1. The number of hydrogen-bond donors (Lipinski definition) is 1. The molecule has 0 spiro atoms. The van der Waals surface area contributed by atoms with Crippen LogP contribution in [0.15, 0.2) is 23.0 Å². The number of hydrogen-bond acceptors (Lipinski definition) is 4. The summed E-state index contributed by atoms with van der Waals surface area (Å²) in [6, 6.07) is 5.26. The summed E-state index contributed by atoms with van der Waals surface area (Å²) in [7, 11) is 0. The smallest absolute Gasteiger partial charge is 0.289 e. The maximum absolute atomic E-state index is 13.1. The SMILES string of the molecule is O=c1[nH]c(F)nc2cc(N3CCOCC3)ccc12. The van der Waals surface area contributed by atoms with Gasteiger partial charge in [0.05, 0.1) is 24.1 Å². The van der Waals surface area contributed by atoms with Crippen LogP contribution in [0, 0.1) is 6.08 Å². The molecule has 0 unspecified atom stereocenters. The zero-order valence-electron chi connectivity index (χ0n) is 9.65. The number of anilines is 1. The number of H-pyrrole nitrogens is 1. The Morgan fingerprint density at radius 1 is 1.33 bits per heavy atom. The molecule has 1 N–H and O–H groups in total. The van der Waals surface area contributed by atoms with Gasteiger partial charge >= 0.3 is 0 Å². The first-order valence-corrected chi connectivity index (χ1v) is 5.76. The number of aromatic nitrogens is 2. The van der Waals surface area contributed by atoms with E-state index in [4.69, 9.17) is 4.74 Å². The van der Waals surface area contributed by atoms with Crippen LogP contribution in [0.3, 0.4) is 0 Å². The highest BCUT2D eigenvalue weighted by molar-refractivity contribution is 5.81. The van der Waals surface area contributed by atoms with Crippen molar-refractivity contribution in [2.24, 2.45) is 0 Å². The summed E-state index contributed by atoms with van der Waals surface area (Å²) in [5.41, 5.74) is 0.856. The van der Waals surface area contributed by atoms with Gasteiger partial charge in [0.25, 0.3) is 11.6 Å². The average Bonchev–Trinajstić information content (AvgIpc) is 2.39. The molecule has 0 amide bonds. The molecule has 6 heteroatoms. The van der Waals surface area contributed by atoms with Crippen LogP contribution in [-0.4, -0.2) is 36.3 Å². The second-order valence-corrected chi connectivity index (χ2v) is 4.16. The van der Waals surface area contributed by atoms with Gasteiger partial charge in [-0.2, -0.15) is 4.39 Å². The predicted octanol–water partition coefficient (Wildman–Crippen LogP) is 0.899. The molecule has 1 aliphatic heterocycles. The quantitative estimate of drug-likeness (QED) is 0.763. The van der Waals surface area contributed by atoms with Crippen LogP contribution in [0.5, 0.6) is 0 Å². The highest BCUT2D eigenvalue weighted by Crippen LogP contribution is 2.19. The fourth-order valence-electron chi connectivity index (χ4n) is 2.12. The van der Waals surface area contributed by atoms with E-state index in [1.165, 1.54) is 0 Å². The maximum Gasteiger partial charge on any atom is 0.289 e. The molecule has 2 aromatic rings. The summed E-state index contributed by atoms with van der Waals surface area (Å²) in [5, 5.41) is 0.397. The fourth-order valence-corrected chi connectivity index (χ4v) is 2.12. The first kappa shape index (κ1) is 11.2. The minimum absolute atomic E-state index is 0.375. The third-order valence-electron chi connectivity index (χ3n) is 3.04. The second-order valence-electron chi connectivity index (χ2n) is 4.16. The van der Waals surface area contributed by atoms with Crippen molar-refractivity contribution in [1.82, 2.24) is 9.97 Å². The molecule has 0 saturated carbocycles. The molecule has 0 atom stereocenters. The molecule has 1 fully saturated rings. The van der Waals surface area contributed by atoms with Gasteiger partial charge in [-0.15, -0.1) is 0 Å². The molecule has 1 aromatic heterocycles. The van der Waals surface area contributed by atoms with Gasteiger partial charge in [0.2, 0.25) is 0 Å². The van der Waals surface area contributed by atoms with E-state index in [0.29, 0.717) is 24.1 Å². The van der Waals surface area contributed by atoms with E-state index in [0.717, 1.165) is 18.8 Å². The number of nitrogens with one attached hydrogen (secondary N) is 1. The summed E-state index contributed by atoms with van der Waals surface area (Å²) in [5.74, 6) is 0. The molecule has 18 heavy (non-hydrogen) atoms. The third kappa shape index (κ3) is 1.95. The minimum atomic E-state index is -0.855. The van der Waals surface area contributed by atoms with Crippen LogP contribution in [-0.2, 0) is 4.74 Å². The Morgan fingerprint density at radius 2 is 2.11 bits per heavy atom. The summed E-state index contributed by atoms with van der Waals surface area (Å²) in [4.78, 5) is 19.4. The first-order valence-electron chi connectivity index (χ1n) is 5.76. The van der Waals surface area contributed by atoms with Crippen molar-refractivity contribution in [1.29, 1.82) is 0 Å². The Balaban J connectivity index is 2.07. The summed E-state index contributed by atoms with van der Waals surface area (Å²) in [6.45, 7) is 2.93. The van der Waals surface area contributed by atoms with Crippen LogP contribution in [0.25, 0.3) is 10.9 Å². The topological polar surface area (TPSA) is 58.2 Å². The average molecular weight is 249 g/mol. The Morgan fingerprint density at radius 3 is 2.89 bits per heavy atom. The predicted molar refractivity (Wildman–Crippen MR) is 65.4 cm³/mol. The Kier molecular flexibility index (Phi) is 2.71. The van der Waals surface area contributed by atoms with Gasteiger partial charge < -0.3 is 9.64 Å². The molecule has 3 rings (SSSR count). The lowest BCUT2D eigenvalue weighted by molar-refractivity contribution is 0.122. The van der Waals surface area contributed by atoms with Gasteiger partial charge in [0.15, 0.2) is 0 Å². The molecule has 94 valence electrons. The number of ether oxygens (including phenoxy) is 1. The zero-order valence-corrected chi connectivity index (χ0v) is 9.65. The van der Waals surface area contributed by atoms with E-state index >= 15 is 0 Å². The summed E-state index contributed by atoms with van der Waals surface area (Å²) < 4.78 is 18.3. The lowest BCUT2D eigenvalue weighted by Gasteiger charge is -2.28. The van der Waals surface area contributed by atoms with Crippen molar-refractivity contribution in [2.75, 3.05) is 31.2 Å². The number of halogens is 1. The molecule has 5 nitrogen and oxygen atoms in total.